The Hall–Kier alpha value is -0.880. The third kappa shape index (κ3) is 4.44. The molecule has 1 aromatic heterocycles. The molecule has 5 nitrogen and oxygen atoms in total. The molecule has 84 valence electrons. The van der Waals surface area contributed by atoms with Crippen LogP contribution < -0.4 is 5.32 Å². The number of aromatic nitrogens is 4. The first-order chi connectivity index (χ1) is 7.24. The summed E-state index contributed by atoms with van der Waals surface area (Å²) in [5.41, 5.74) is 1.13. The van der Waals surface area contributed by atoms with E-state index < -0.39 is 0 Å². The van der Waals surface area contributed by atoms with E-state index in [0.717, 1.165) is 36.1 Å². The summed E-state index contributed by atoms with van der Waals surface area (Å²) in [5.74, 6) is 0.863. The maximum Gasteiger partial charge on any atom is 0.209 e. The highest BCUT2D eigenvalue weighted by Gasteiger charge is 2.05. The van der Waals surface area contributed by atoms with Crippen molar-refractivity contribution in [3.8, 4) is 0 Å². The Morgan fingerprint density at radius 1 is 1.60 bits per heavy atom. The average Bonchev–Trinajstić information content (AvgIpc) is 2.63. The van der Waals surface area contributed by atoms with Gasteiger partial charge < -0.3 is 5.32 Å². The van der Waals surface area contributed by atoms with Gasteiger partial charge in [0.05, 0.1) is 6.54 Å². The molecule has 15 heavy (non-hydrogen) atoms. The van der Waals surface area contributed by atoms with Crippen LogP contribution in [0.1, 0.15) is 13.8 Å². The van der Waals surface area contributed by atoms with Gasteiger partial charge in [-0.1, -0.05) is 30.8 Å². The van der Waals surface area contributed by atoms with Crippen LogP contribution in [0.15, 0.2) is 17.3 Å². The fourth-order valence-corrected chi connectivity index (χ4v) is 1.74. The molecule has 0 aliphatic heterocycles. The number of rotatable bonds is 7. The summed E-state index contributed by atoms with van der Waals surface area (Å²) in [4.78, 5) is 0. The van der Waals surface area contributed by atoms with E-state index >= 15 is 0 Å². The minimum absolute atomic E-state index is 0.805. The van der Waals surface area contributed by atoms with Crippen LogP contribution in [0.25, 0.3) is 0 Å². The Kier molecular flexibility index (Phi) is 5.34. The lowest BCUT2D eigenvalue weighted by atomic mass is 10.4. The molecule has 0 radical (unpaired) electrons. The number of hydrogen-bond acceptors (Lipinski definition) is 5. The van der Waals surface area contributed by atoms with Gasteiger partial charge in [0.25, 0.3) is 0 Å². The summed E-state index contributed by atoms with van der Waals surface area (Å²) >= 11 is 1.62. The summed E-state index contributed by atoms with van der Waals surface area (Å²) in [7, 11) is 0. The van der Waals surface area contributed by atoms with Crippen molar-refractivity contribution in [3.05, 3.63) is 12.2 Å². The van der Waals surface area contributed by atoms with Crippen LogP contribution in [0.3, 0.4) is 0 Å². The first-order valence-electron chi connectivity index (χ1n) is 4.98. The van der Waals surface area contributed by atoms with Crippen molar-refractivity contribution in [2.24, 2.45) is 0 Å². The van der Waals surface area contributed by atoms with Crippen molar-refractivity contribution >= 4 is 11.8 Å². The van der Waals surface area contributed by atoms with Gasteiger partial charge in [0.15, 0.2) is 0 Å². The van der Waals surface area contributed by atoms with E-state index in [1.807, 2.05) is 11.6 Å². The van der Waals surface area contributed by atoms with E-state index in [1.54, 1.807) is 11.8 Å². The highest BCUT2D eigenvalue weighted by atomic mass is 32.2. The largest absolute Gasteiger partial charge is 0.315 e. The van der Waals surface area contributed by atoms with Gasteiger partial charge in [-0.3, -0.25) is 0 Å². The Balaban J connectivity index is 2.42. The zero-order chi connectivity index (χ0) is 11.1. The normalized spacial score (nSPS) is 10.5. The van der Waals surface area contributed by atoms with Crippen LogP contribution in [0.4, 0.5) is 0 Å². The van der Waals surface area contributed by atoms with Crippen molar-refractivity contribution in [2.75, 3.05) is 18.8 Å². The lowest BCUT2D eigenvalue weighted by Crippen LogP contribution is -2.20. The summed E-state index contributed by atoms with van der Waals surface area (Å²) in [6, 6.07) is 0. The molecule has 1 rings (SSSR count). The minimum Gasteiger partial charge on any atom is -0.315 e. The summed E-state index contributed by atoms with van der Waals surface area (Å²) in [5, 5.41) is 15.7. The molecular formula is C9H17N5S. The van der Waals surface area contributed by atoms with Gasteiger partial charge in [-0.05, 0) is 23.9 Å². The number of likely N-dealkylation sites (N-methyl/N-ethyl adjacent to an activating group) is 1. The average molecular weight is 227 g/mol. The molecule has 0 spiro atoms. The second-order valence-electron chi connectivity index (χ2n) is 3.28. The Morgan fingerprint density at radius 2 is 2.40 bits per heavy atom. The van der Waals surface area contributed by atoms with Crippen molar-refractivity contribution in [3.63, 3.8) is 0 Å². The third-order valence-corrected chi connectivity index (χ3v) is 2.88. The van der Waals surface area contributed by atoms with E-state index in [2.05, 4.69) is 34.3 Å². The van der Waals surface area contributed by atoms with Gasteiger partial charge in [-0.15, -0.1) is 5.10 Å². The zero-order valence-corrected chi connectivity index (χ0v) is 10.0. The molecular weight excluding hydrogens is 210 g/mol. The smallest absolute Gasteiger partial charge is 0.209 e. The molecule has 0 bridgehead atoms. The number of nitrogens with one attached hydrogen (secondary N) is 1. The first kappa shape index (κ1) is 12.2. The van der Waals surface area contributed by atoms with Crippen LogP contribution in [0, 0.1) is 0 Å². The zero-order valence-electron chi connectivity index (χ0n) is 9.23. The molecule has 0 aromatic carbocycles. The molecule has 6 heteroatoms. The first-order valence-corrected chi connectivity index (χ1v) is 5.96. The minimum atomic E-state index is 0.805. The molecule has 0 aliphatic rings. The molecule has 0 atom stereocenters. The highest BCUT2D eigenvalue weighted by molar-refractivity contribution is 7.99. The van der Waals surface area contributed by atoms with Gasteiger partial charge >= 0.3 is 0 Å². The highest BCUT2D eigenvalue weighted by Crippen LogP contribution is 2.15. The Labute approximate surface area is 94.3 Å². The van der Waals surface area contributed by atoms with Gasteiger partial charge in [-0.25, -0.2) is 4.68 Å². The van der Waals surface area contributed by atoms with E-state index in [4.69, 9.17) is 0 Å². The lowest BCUT2D eigenvalue weighted by Gasteiger charge is -2.04. The van der Waals surface area contributed by atoms with Crippen LogP contribution in [0.2, 0.25) is 0 Å². The van der Waals surface area contributed by atoms with Crippen molar-refractivity contribution in [1.29, 1.82) is 0 Å². The fourth-order valence-electron chi connectivity index (χ4n) is 0.990. The quantitative estimate of drug-likeness (QED) is 0.427. The summed E-state index contributed by atoms with van der Waals surface area (Å²) in [6.45, 7) is 10.6. The molecule has 1 aromatic rings. The fraction of sp³-hybridized carbons (Fsp3) is 0.667. The monoisotopic (exact) mass is 227 g/mol. The van der Waals surface area contributed by atoms with Gasteiger partial charge in [0.2, 0.25) is 5.16 Å². The molecule has 0 saturated carbocycles. The molecule has 1 heterocycles. The number of tetrazole rings is 1. The van der Waals surface area contributed by atoms with Crippen LogP contribution in [0.5, 0.6) is 0 Å². The summed E-state index contributed by atoms with van der Waals surface area (Å²) in [6.07, 6.45) is 0. The maximum atomic E-state index is 3.96. The van der Waals surface area contributed by atoms with Gasteiger partial charge in [0, 0.05) is 12.3 Å². The van der Waals surface area contributed by atoms with Gasteiger partial charge in [-0.2, -0.15) is 0 Å². The van der Waals surface area contributed by atoms with Crippen molar-refractivity contribution in [1.82, 2.24) is 25.5 Å². The van der Waals surface area contributed by atoms with E-state index in [0.29, 0.717) is 0 Å². The SMILES string of the molecule is C=C(C)CSc1nnnn1CCNCC. The maximum absolute atomic E-state index is 3.96. The molecule has 0 saturated heterocycles. The number of thioether (sulfide) groups is 1. The predicted molar refractivity (Wildman–Crippen MR) is 61.9 cm³/mol. The molecule has 1 N–H and O–H groups in total. The predicted octanol–water partition coefficient (Wildman–Crippen LogP) is 0.951. The topological polar surface area (TPSA) is 55.6 Å². The molecule has 0 fully saturated rings. The lowest BCUT2D eigenvalue weighted by molar-refractivity contribution is 0.518. The second-order valence-corrected chi connectivity index (χ2v) is 4.23. The molecule has 0 unspecified atom stereocenters. The van der Waals surface area contributed by atoms with E-state index in [1.165, 1.54) is 0 Å². The van der Waals surface area contributed by atoms with Crippen LogP contribution in [-0.4, -0.2) is 39.0 Å². The molecule has 0 amide bonds. The standard InChI is InChI=1S/C9H17N5S/c1-4-10-5-6-14-9(11-12-13-14)15-7-8(2)3/h10H,2,4-7H2,1,3H3. The third-order valence-electron chi connectivity index (χ3n) is 1.70. The van der Waals surface area contributed by atoms with E-state index in [-0.39, 0.29) is 0 Å². The van der Waals surface area contributed by atoms with Crippen LogP contribution >= 0.6 is 11.8 Å². The van der Waals surface area contributed by atoms with Crippen molar-refractivity contribution in [2.45, 2.75) is 25.5 Å². The Morgan fingerprint density at radius 3 is 3.07 bits per heavy atom. The summed E-state index contributed by atoms with van der Waals surface area (Å²) < 4.78 is 1.82. The number of nitrogens with zero attached hydrogens (tertiary/aromatic N) is 4. The Bertz CT molecular complexity index is 309. The molecule has 0 aliphatic carbocycles. The van der Waals surface area contributed by atoms with Gasteiger partial charge in [0.1, 0.15) is 0 Å². The van der Waals surface area contributed by atoms with E-state index in [9.17, 15) is 0 Å². The second kappa shape index (κ2) is 6.58. The number of hydrogen-bond donors (Lipinski definition) is 1. The van der Waals surface area contributed by atoms with Crippen molar-refractivity contribution < 1.29 is 0 Å². The van der Waals surface area contributed by atoms with Crippen LogP contribution in [-0.2, 0) is 6.54 Å².